The maximum absolute atomic E-state index is 15.4. The average molecular weight is 683 g/mol. The van der Waals surface area contributed by atoms with Gasteiger partial charge in [0.1, 0.15) is 11.5 Å². The molecular formula is C37H29Cl2N3O6. The molecule has 9 nitrogen and oxygen atoms in total. The number of nitrogens with one attached hydrogen (secondary N) is 2. The van der Waals surface area contributed by atoms with Crippen molar-refractivity contribution in [3.8, 4) is 11.5 Å². The number of phenols is 1. The first kappa shape index (κ1) is 30.5. The van der Waals surface area contributed by atoms with Gasteiger partial charge in [0, 0.05) is 16.5 Å². The van der Waals surface area contributed by atoms with Crippen molar-refractivity contribution in [2.75, 3.05) is 12.5 Å². The number of rotatable bonds is 5. The largest absolute Gasteiger partial charge is 0.508 e. The summed E-state index contributed by atoms with van der Waals surface area (Å²) >= 11 is 12.7. The summed E-state index contributed by atoms with van der Waals surface area (Å²) in [6.45, 7) is 0. The predicted molar refractivity (Wildman–Crippen MR) is 179 cm³/mol. The summed E-state index contributed by atoms with van der Waals surface area (Å²) < 4.78 is 5.45. The molecule has 2 aliphatic carbocycles. The average Bonchev–Trinajstić information content (AvgIpc) is 3.50. The SMILES string of the molecule is COc1ccc(C23C(=O)N(Nc4ccc(Cl)cc4Cl)C(=O)C2CC2C(=CCC4C(=O)NC(=O)C42)C3c2c(O)ccc3ccccc23)cc1. The standard InChI is InChI=1S/C37H29Cl2N3O6/c1-48-21-10-7-19(8-11-21)37-26(35(46)42(36(37)47)41-28-14-9-20(38)16-27(28)39)17-25-23(12-13-24-30(25)34(45)40-33(24)44)32(37)31-22-5-3-2-4-18(22)6-15-29(31)43/h2-12,14-16,24-26,30,32,41,43H,13,17H2,1H3,(H,40,44,45). The normalized spacial score (nSPS) is 27.7. The van der Waals surface area contributed by atoms with Gasteiger partial charge in [0.25, 0.3) is 11.8 Å². The minimum absolute atomic E-state index is 0.0478. The van der Waals surface area contributed by atoms with Gasteiger partial charge >= 0.3 is 0 Å². The van der Waals surface area contributed by atoms with Crippen LogP contribution in [0.15, 0.2) is 90.5 Å². The number of ether oxygens (including phenoxy) is 1. The summed E-state index contributed by atoms with van der Waals surface area (Å²) in [6, 6.07) is 22.7. The summed E-state index contributed by atoms with van der Waals surface area (Å²) in [4.78, 5) is 56.4. The van der Waals surface area contributed by atoms with Crippen molar-refractivity contribution in [1.29, 1.82) is 0 Å². The predicted octanol–water partition coefficient (Wildman–Crippen LogP) is 6.13. The van der Waals surface area contributed by atoms with Crippen molar-refractivity contribution < 1.29 is 29.0 Å². The molecule has 0 radical (unpaired) electrons. The molecule has 0 bridgehead atoms. The highest BCUT2D eigenvalue weighted by atomic mass is 35.5. The van der Waals surface area contributed by atoms with E-state index in [1.165, 1.54) is 6.07 Å². The molecule has 4 aromatic rings. The second-order valence-corrected chi connectivity index (χ2v) is 13.6. The second kappa shape index (κ2) is 11.1. The highest BCUT2D eigenvalue weighted by Crippen LogP contribution is 2.65. The molecule has 4 amide bonds. The van der Waals surface area contributed by atoms with Crippen molar-refractivity contribution in [2.24, 2.45) is 23.7 Å². The summed E-state index contributed by atoms with van der Waals surface area (Å²) in [5, 5.41) is 17.4. The van der Waals surface area contributed by atoms with E-state index in [2.05, 4.69) is 10.7 Å². The van der Waals surface area contributed by atoms with Crippen LogP contribution in [0.2, 0.25) is 10.0 Å². The Hall–Kier alpha value is -4.86. The van der Waals surface area contributed by atoms with Gasteiger partial charge in [-0.05, 0) is 71.5 Å². The highest BCUT2D eigenvalue weighted by Gasteiger charge is 2.70. The van der Waals surface area contributed by atoms with Crippen LogP contribution in [0.3, 0.4) is 0 Å². The first-order chi connectivity index (χ1) is 23.1. The molecule has 2 saturated heterocycles. The van der Waals surface area contributed by atoms with Crippen LogP contribution in [0.25, 0.3) is 10.8 Å². The molecule has 4 aromatic carbocycles. The molecule has 11 heteroatoms. The van der Waals surface area contributed by atoms with Gasteiger partial charge in [0.05, 0.1) is 41.0 Å². The van der Waals surface area contributed by atoms with Crippen molar-refractivity contribution in [3.05, 3.63) is 112 Å². The van der Waals surface area contributed by atoms with E-state index in [4.69, 9.17) is 27.9 Å². The minimum atomic E-state index is -1.58. The molecule has 3 N–H and O–H groups in total. The number of anilines is 1. The Morgan fingerprint density at radius 1 is 0.938 bits per heavy atom. The Kier molecular flexibility index (Phi) is 7.05. The number of phenolic OH excluding ortho intramolecular Hbond substituents is 1. The lowest BCUT2D eigenvalue weighted by molar-refractivity contribution is -0.138. The van der Waals surface area contributed by atoms with Crippen LogP contribution in [-0.2, 0) is 24.6 Å². The van der Waals surface area contributed by atoms with Crippen LogP contribution >= 0.6 is 23.2 Å². The number of nitrogens with zero attached hydrogens (tertiary/aromatic N) is 1. The van der Waals surface area contributed by atoms with Gasteiger partial charge in [-0.3, -0.25) is 29.9 Å². The lowest BCUT2D eigenvalue weighted by atomic mass is 9.48. The summed E-state index contributed by atoms with van der Waals surface area (Å²) in [7, 11) is 1.54. The number of carbonyl (C=O) groups is 4. The molecule has 242 valence electrons. The van der Waals surface area contributed by atoms with Gasteiger partial charge in [0.15, 0.2) is 0 Å². The number of carbonyl (C=O) groups excluding carboxylic acids is 4. The molecule has 3 fully saturated rings. The Labute approximate surface area is 285 Å². The molecule has 2 heterocycles. The molecule has 6 unspecified atom stereocenters. The third kappa shape index (κ3) is 4.23. The number of hydrogen-bond donors (Lipinski definition) is 3. The zero-order valence-electron chi connectivity index (χ0n) is 25.6. The van der Waals surface area contributed by atoms with E-state index in [1.54, 1.807) is 55.6 Å². The van der Waals surface area contributed by atoms with Crippen LogP contribution in [0.4, 0.5) is 5.69 Å². The van der Waals surface area contributed by atoms with Gasteiger partial charge in [-0.2, -0.15) is 5.01 Å². The van der Waals surface area contributed by atoms with Gasteiger partial charge in [-0.25, -0.2) is 0 Å². The molecule has 8 rings (SSSR count). The number of hydrazine groups is 1. The van der Waals surface area contributed by atoms with Crippen LogP contribution in [-0.4, -0.2) is 40.9 Å². The van der Waals surface area contributed by atoms with Crippen molar-refractivity contribution >= 4 is 63.3 Å². The van der Waals surface area contributed by atoms with Crippen molar-refractivity contribution in [3.63, 3.8) is 0 Å². The van der Waals surface area contributed by atoms with E-state index in [1.807, 2.05) is 30.3 Å². The van der Waals surface area contributed by atoms with Gasteiger partial charge in [-0.1, -0.05) is 77.3 Å². The fraction of sp³-hybridized carbons (Fsp3) is 0.243. The first-order valence-electron chi connectivity index (χ1n) is 15.6. The molecule has 0 aromatic heterocycles. The minimum Gasteiger partial charge on any atom is -0.508 e. The monoisotopic (exact) mass is 681 g/mol. The van der Waals surface area contributed by atoms with Crippen molar-refractivity contribution in [2.45, 2.75) is 24.2 Å². The van der Waals surface area contributed by atoms with E-state index in [9.17, 15) is 19.5 Å². The lowest BCUT2D eigenvalue weighted by Gasteiger charge is -2.51. The quantitative estimate of drug-likeness (QED) is 0.171. The third-order valence-corrected chi connectivity index (χ3v) is 11.2. The van der Waals surface area contributed by atoms with E-state index in [-0.39, 0.29) is 29.5 Å². The molecule has 1 saturated carbocycles. The van der Waals surface area contributed by atoms with Gasteiger partial charge < -0.3 is 9.84 Å². The third-order valence-electron chi connectivity index (χ3n) is 10.7. The zero-order valence-corrected chi connectivity index (χ0v) is 27.1. The molecule has 4 aliphatic rings. The Bertz CT molecular complexity index is 2100. The molecular weight excluding hydrogens is 653 g/mol. The van der Waals surface area contributed by atoms with Crippen LogP contribution < -0.4 is 15.5 Å². The van der Waals surface area contributed by atoms with E-state index in [0.29, 0.717) is 33.0 Å². The number of hydrogen-bond acceptors (Lipinski definition) is 7. The number of fused-ring (bicyclic) bond motifs is 5. The highest BCUT2D eigenvalue weighted by molar-refractivity contribution is 6.36. The van der Waals surface area contributed by atoms with E-state index in [0.717, 1.165) is 16.0 Å². The fourth-order valence-corrected chi connectivity index (χ4v) is 9.11. The number of imide groups is 2. The van der Waals surface area contributed by atoms with Gasteiger partial charge in [-0.15, -0.1) is 0 Å². The smallest absolute Gasteiger partial charge is 0.260 e. The van der Waals surface area contributed by atoms with Crippen LogP contribution in [0.5, 0.6) is 11.5 Å². The lowest BCUT2D eigenvalue weighted by Crippen LogP contribution is -2.53. The van der Waals surface area contributed by atoms with Crippen molar-refractivity contribution in [1.82, 2.24) is 10.3 Å². The van der Waals surface area contributed by atoms with Gasteiger partial charge in [0.2, 0.25) is 11.8 Å². The second-order valence-electron chi connectivity index (χ2n) is 12.8. The Balaban J connectivity index is 1.43. The summed E-state index contributed by atoms with van der Waals surface area (Å²) in [6.07, 6.45) is 2.35. The molecule has 48 heavy (non-hydrogen) atoms. The van der Waals surface area contributed by atoms with E-state index < -0.39 is 52.7 Å². The molecule has 6 atom stereocenters. The number of halogens is 2. The Morgan fingerprint density at radius 3 is 2.46 bits per heavy atom. The maximum atomic E-state index is 15.4. The number of aromatic hydroxyl groups is 1. The number of amides is 4. The van der Waals surface area contributed by atoms with E-state index >= 15 is 4.79 Å². The molecule has 2 aliphatic heterocycles. The summed E-state index contributed by atoms with van der Waals surface area (Å²) in [5.74, 6) is -5.03. The number of benzene rings is 4. The van der Waals surface area contributed by atoms with Crippen LogP contribution in [0, 0.1) is 23.7 Å². The van der Waals surface area contributed by atoms with Crippen LogP contribution in [0.1, 0.15) is 29.9 Å². The first-order valence-corrected chi connectivity index (χ1v) is 16.4. The maximum Gasteiger partial charge on any atom is 0.260 e. The number of methoxy groups -OCH3 is 1. The zero-order chi connectivity index (χ0) is 33.5. The fourth-order valence-electron chi connectivity index (χ4n) is 8.66. The summed E-state index contributed by atoms with van der Waals surface area (Å²) in [5.41, 5.74) is 3.46. The Morgan fingerprint density at radius 2 is 1.71 bits per heavy atom. The molecule has 0 spiro atoms. The topological polar surface area (TPSA) is 125 Å². The number of allylic oxidation sites excluding steroid dienone is 2.